The Kier molecular flexibility index (Phi) is 4.15. The molecule has 1 aromatic heterocycles. The lowest BCUT2D eigenvalue weighted by molar-refractivity contribution is -0.389. The van der Waals surface area contributed by atoms with Crippen molar-refractivity contribution in [2.75, 3.05) is 13.1 Å². The highest BCUT2D eigenvalue weighted by Gasteiger charge is 2.30. The van der Waals surface area contributed by atoms with Gasteiger partial charge < -0.3 is 19.8 Å². The number of likely N-dealkylation sites (tertiary alicyclic amines) is 1. The second-order valence-corrected chi connectivity index (χ2v) is 6.23. The number of rotatable bonds is 3. The smallest absolute Gasteiger partial charge is 0.410 e. The van der Waals surface area contributed by atoms with Gasteiger partial charge in [-0.25, -0.2) is 4.79 Å². The molecule has 2 rings (SSSR count). The van der Waals surface area contributed by atoms with Crippen LogP contribution in [0.1, 0.15) is 27.2 Å². The fourth-order valence-corrected chi connectivity index (χ4v) is 2.29. The van der Waals surface area contributed by atoms with Crippen LogP contribution in [0, 0.1) is 16.0 Å². The van der Waals surface area contributed by atoms with Gasteiger partial charge >= 0.3 is 11.9 Å². The summed E-state index contributed by atoms with van der Waals surface area (Å²) in [5.41, 5.74) is -0.502. The summed E-state index contributed by atoms with van der Waals surface area (Å²) in [6.07, 6.45) is 2.12. The molecule has 0 radical (unpaired) electrons. The molecule has 2 heterocycles. The summed E-state index contributed by atoms with van der Waals surface area (Å²) in [7, 11) is 0. The van der Waals surface area contributed by atoms with Crippen molar-refractivity contribution in [3.63, 3.8) is 0 Å². The van der Waals surface area contributed by atoms with Gasteiger partial charge in [0.25, 0.3) is 0 Å². The third-order valence-electron chi connectivity index (χ3n) is 3.20. The first-order valence-electron chi connectivity index (χ1n) is 6.90. The van der Waals surface area contributed by atoms with Crippen molar-refractivity contribution in [2.45, 2.75) is 39.3 Å². The summed E-state index contributed by atoms with van der Waals surface area (Å²) in [5.74, 6) is 0.0778. The van der Waals surface area contributed by atoms with Crippen LogP contribution in [0.5, 0.6) is 0 Å². The minimum atomic E-state index is -0.516. The van der Waals surface area contributed by atoms with Gasteiger partial charge in [-0.05, 0) is 38.0 Å². The zero-order valence-electron chi connectivity index (χ0n) is 12.5. The van der Waals surface area contributed by atoms with Gasteiger partial charge in [0.1, 0.15) is 5.60 Å². The summed E-state index contributed by atoms with van der Waals surface area (Å²) >= 11 is 0. The fraction of sp³-hybridized carbons (Fsp3) is 0.692. The number of nitrogens with zero attached hydrogens (tertiary/aromatic N) is 4. The Morgan fingerprint density at radius 1 is 1.57 bits per heavy atom. The maximum Gasteiger partial charge on any atom is 0.410 e. The van der Waals surface area contributed by atoms with Gasteiger partial charge in [0.15, 0.2) is 0 Å². The van der Waals surface area contributed by atoms with Crippen LogP contribution in [0.15, 0.2) is 12.3 Å². The van der Waals surface area contributed by atoms with Gasteiger partial charge in [-0.2, -0.15) is 4.68 Å². The van der Waals surface area contributed by atoms with E-state index in [0.717, 1.165) is 6.42 Å². The second-order valence-electron chi connectivity index (χ2n) is 6.23. The summed E-state index contributed by atoms with van der Waals surface area (Å²) in [6.45, 7) is 7.29. The van der Waals surface area contributed by atoms with Gasteiger partial charge in [-0.1, -0.05) is 0 Å². The van der Waals surface area contributed by atoms with Crippen LogP contribution < -0.4 is 0 Å². The topological polar surface area (TPSA) is 90.5 Å². The van der Waals surface area contributed by atoms with Gasteiger partial charge in [0, 0.05) is 13.1 Å². The van der Waals surface area contributed by atoms with Gasteiger partial charge in [0.2, 0.25) is 0 Å². The highest BCUT2D eigenvalue weighted by atomic mass is 16.6. The van der Waals surface area contributed by atoms with E-state index in [1.54, 1.807) is 15.8 Å². The number of hydrogen-bond donors (Lipinski definition) is 0. The van der Waals surface area contributed by atoms with Crippen molar-refractivity contribution in [1.29, 1.82) is 0 Å². The molecule has 1 saturated heterocycles. The molecule has 1 amide bonds. The Labute approximate surface area is 122 Å². The zero-order chi connectivity index (χ0) is 15.6. The summed E-state index contributed by atoms with van der Waals surface area (Å²) in [6, 6.07) is 1.38. The minimum absolute atomic E-state index is 0.156. The van der Waals surface area contributed by atoms with E-state index in [1.807, 2.05) is 20.8 Å². The molecular formula is C13H20N4O4. The molecule has 0 aliphatic carbocycles. The molecule has 0 saturated carbocycles. The number of amides is 1. The Morgan fingerprint density at radius 3 is 2.86 bits per heavy atom. The molecule has 1 atom stereocenters. The minimum Gasteiger partial charge on any atom is -0.444 e. The highest BCUT2D eigenvalue weighted by Crippen LogP contribution is 2.21. The predicted octanol–water partition coefficient (Wildman–Crippen LogP) is 2.05. The SMILES string of the molecule is CC(C)(C)OC(=O)N1CCC(Cn2ccc([N+](=O)[O-])n2)C1. The third kappa shape index (κ3) is 4.17. The number of ether oxygens (including phenoxy) is 1. The molecule has 21 heavy (non-hydrogen) atoms. The average molecular weight is 296 g/mol. The first-order valence-corrected chi connectivity index (χ1v) is 6.90. The molecule has 1 aliphatic heterocycles. The van der Waals surface area contributed by atoms with Crippen LogP contribution >= 0.6 is 0 Å². The van der Waals surface area contributed by atoms with E-state index in [1.165, 1.54) is 6.07 Å². The first-order chi connectivity index (χ1) is 9.74. The van der Waals surface area contributed by atoms with Crippen molar-refractivity contribution < 1.29 is 14.5 Å². The first kappa shape index (κ1) is 15.3. The number of nitro groups is 1. The predicted molar refractivity (Wildman–Crippen MR) is 74.8 cm³/mol. The Bertz CT molecular complexity index is 535. The van der Waals surface area contributed by atoms with E-state index in [9.17, 15) is 14.9 Å². The lowest BCUT2D eigenvalue weighted by atomic mass is 10.1. The molecule has 0 N–H and O–H groups in total. The highest BCUT2D eigenvalue weighted by molar-refractivity contribution is 5.68. The molecule has 8 nitrogen and oxygen atoms in total. The van der Waals surface area contributed by atoms with Crippen LogP contribution in [-0.4, -0.2) is 44.4 Å². The quantitative estimate of drug-likeness (QED) is 0.629. The normalized spacial score (nSPS) is 18.8. The number of carbonyl (C=O) groups excluding carboxylic acids is 1. The van der Waals surface area contributed by atoms with Gasteiger partial charge in [-0.3, -0.25) is 0 Å². The van der Waals surface area contributed by atoms with Crippen molar-refractivity contribution >= 4 is 11.9 Å². The van der Waals surface area contributed by atoms with Crippen LogP contribution in [0.25, 0.3) is 0 Å². The van der Waals surface area contributed by atoms with Crippen molar-refractivity contribution in [1.82, 2.24) is 14.7 Å². The molecule has 0 aromatic carbocycles. The molecule has 116 valence electrons. The van der Waals surface area contributed by atoms with E-state index >= 15 is 0 Å². The van der Waals surface area contributed by atoms with E-state index in [2.05, 4.69) is 5.10 Å². The van der Waals surface area contributed by atoms with Gasteiger partial charge in [-0.15, -0.1) is 0 Å². The Morgan fingerprint density at radius 2 is 2.29 bits per heavy atom. The lowest BCUT2D eigenvalue weighted by Gasteiger charge is -2.24. The Hall–Kier alpha value is -2.12. The molecular weight excluding hydrogens is 276 g/mol. The van der Waals surface area contributed by atoms with Crippen molar-refractivity contribution in [2.24, 2.45) is 5.92 Å². The van der Waals surface area contributed by atoms with E-state index < -0.39 is 10.5 Å². The lowest BCUT2D eigenvalue weighted by Crippen LogP contribution is -2.35. The van der Waals surface area contributed by atoms with E-state index in [-0.39, 0.29) is 17.8 Å². The van der Waals surface area contributed by atoms with Crippen LogP contribution in [0.3, 0.4) is 0 Å². The largest absolute Gasteiger partial charge is 0.444 e. The van der Waals surface area contributed by atoms with Crippen molar-refractivity contribution in [3.8, 4) is 0 Å². The molecule has 1 aliphatic rings. The van der Waals surface area contributed by atoms with Crippen LogP contribution in [-0.2, 0) is 11.3 Å². The van der Waals surface area contributed by atoms with Gasteiger partial charge in [0.05, 0.1) is 23.9 Å². The Balaban J connectivity index is 1.87. The molecule has 0 bridgehead atoms. The maximum absolute atomic E-state index is 11.9. The molecule has 0 spiro atoms. The maximum atomic E-state index is 11.9. The molecule has 1 aromatic rings. The fourth-order valence-electron chi connectivity index (χ4n) is 2.29. The molecule has 8 heteroatoms. The number of hydrogen-bond acceptors (Lipinski definition) is 5. The van der Waals surface area contributed by atoms with E-state index in [4.69, 9.17) is 4.74 Å². The average Bonchev–Trinajstić information content (AvgIpc) is 2.96. The van der Waals surface area contributed by atoms with E-state index in [0.29, 0.717) is 19.6 Å². The summed E-state index contributed by atoms with van der Waals surface area (Å²) in [5, 5.41) is 14.5. The summed E-state index contributed by atoms with van der Waals surface area (Å²) in [4.78, 5) is 23.7. The number of carbonyl (C=O) groups is 1. The number of aromatic nitrogens is 2. The zero-order valence-corrected chi connectivity index (χ0v) is 12.5. The van der Waals surface area contributed by atoms with Crippen molar-refractivity contribution in [3.05, 3.63) is 22.4 Å². The third-order valence-corrected chi connectivity index (χ3v) is 3.20. The second kappa shape index (κ2) is 5.71. The molecule has 1 unspecified atom stereocenters. The summed E-state index contributed by atoms with van der Waals surface area (Å²) < 4.78 is 6.89. The van der Waals surface area contributed by atoms with Crippen LogP contribution in [0.2, 0.25) is 0 Å². The standard InChI is InChI=1S/C13H20N4O4/c1-13(2,3)21-12(18)15-6-4-10(8-15)9-16-7-5-11(14-16)17(19)20/h5,7,10H,4,6,8-9H2,1-3H3. The monoisotopic (exact) mass is 296 g/mol. The van der Waals surface area contributed by atoms with Crippen LogP contribution in [0.4, 0.5) is 10.6 Å². The molecule has 1 fully saturated rings.